The van der Waals surface area contributed by atoms with Crippen molar-refractivity contribution >= 4 is 27.4 Å². The molecule has 0 bridgehead atoms. The number of carbonyl (C=O) groups excluding carboxylic acids is 1. The van der Waals surface area contributed by atoms with Crippen LogP contribution in [0.1, 0.15) is 11.1 Å². The Balaban J connectivity index is 1.75. The Morgan fingerprint density at radius 3 is 2.54 bits per heavy atom. The predicted octanol–water partition coefficient (Wildman–Crippen LogP) is 3.51. The molecule has 1 unspecified atom stereocenters. The first kappa shape index (κ1) is 29.4. The van der Waals surface area contributed by atoms with Crippen LogP contribution < -0.4 is 5.56 Å². The zero-order valence-electron chi connectivity index (χ0n) is 22.2. The third kappa shape index (κ3) is 6.77. The van der Waals surface area contributed by atoms with E-state index in [1.165, 1.54) is 33.7 Å². The summed E-state index contributed by atoms with van der Waals surface area (Å²) in [7, 11) is -3.06. The van der Waals surface area contributed by atoms with Crippen LogP contribution in [-0.4, -0.2) is 59.1 Å². The molecule has 1 atom stereocenters. The minimum Gasteiger partial charge on any atom is -0.445 e. The monoisotopic (exact) mass is 580 g/mol. The maximum Gasteiger partial charge on any atom is 0.410 e. The minimum absolute atomic E-state index is 0.00901. The van der Waals surface area contributed by atoms with Crippen LogP contribution in [0.25, 0.3) is 5.57 Å². The van der Waals surface area contributed by atoms with E-state index in [4.69, 9.17) is 9.57 Å². The number of pyridine rings is 1. The first-order valence-electron chi connectivity index (χ1n) is 12.5. The standard InChI is InChI=1S/C28H28N4O8S/c1-3-15-40-32(41(37,38)26-12-8-7-11-25(26)31(35)36)24-16-23(22-13-14-27(33)29(2)17-22)18-30(19-24)28(34)39-20-21-9-5-4-6-10-21/h3-14,16-17,24H,1,15,18-20H2,2H3. The first-order chi connectivity index (χ1) is 19.6. The fourth-order valence-electron chi connectivity index (χ4n) is 4.27. The van der Waals surface area contributed by atoms with Crippen LogP contribution in [0.3, 0.4) is 0 Å². The van der Waals surface area contributed by atoms with E-state index in [0.717, 1.165) is 17.7 Å². The van der Waals surface area contributed by atoms with Crippen molar-refractivity contribution in [2.24, 2.45) is 7.05 Å². The summed E-state index contributed by atoms with van der Waals surface area (Å²) in [5, 5.41) is 11.7. The van der Waals surface area contributed by atoms with Gasteiger partial charge in [-0.3, -0.25) is 19.7 Å². The third-order valence-corrected chi connectivity index (χ3v) is 8.00. The summed E-state index contributed by atoms with van der Waals surface area (Å²) >= 11 is 0. The fourth-order valence-corrected chi connectivity index (χ4v) is 5.81. The van der Waals surface area contributed by atoms with Crippen molar-refractivity contribution in [2.75, 3.05) is 19.7 Å². The van der Waals surface area contributed by atoms with E-state index in [1.54, 1.807) is 37.5 Å². The lowest BCUT2D eigenvalue weighted by atomic mass is 10.0. The van der Waals surface area contributed by atoms with Crippen LogP contribution in [0.5, 0.6) is 0 Å². The van der Waals surface area contributed by atoms with Crippen LogP contribution in [-0.2, 0) is 33.3 Å². The van der Waals surface area contributed by atoms with Crippen LogP contribution in [0, 0.1) is 10.1 Å². The molecule has 2 heterocycles. The largest absolute Gasteiger partial charge is 0.445 e. The molecule has 4 rings (SSSR count). The number of hydroxylamine groups is 1. The Morgan fingerprint density at radius 2 is 1.85 bits per heavy atom. The number of aryl methyl sites for hydroxylation is 1. The number of para-hydroxylation sites is 1. The number of carbonyl (C=O) groups is 1. The number of aromatic nitrogens is 1. The van der Waals surface area contributed by atoms with Gasteiger partial charge < -0.3 is 14.2 Å². The molecule has 0 radical (unpaired) electrons. The van der Waals surface area contributed by atoms with Crippen LogP contribution >= 0.6 is 0 Å². The molecular weight excluding hydrogens is 552 g/mol. The van der Waals surface area contributed by atoms with Crippen molar-refractivity contribution in [1.82, 2.24) is 13.9 Å². The molecule has 214 valence electrons. The average molecular weight is 581 g/mol. The first-order valence-corrected chi connectivity index (χ1v) is 13.9. The zero-order chi connectivity index (χ0) is 29.6. The summed E-state index contributed by atoms with van der Waals surface area (Å²) in [6.45, 7) is 3.19. The molecule has 1 aromatic heterocycles. The van der Waals surface area contributed by atoms with Gasteiger partial charge in [-0.25, -0.2) is 13.2 Å². The molecule has 0 N–H and O–H groups in total. The lowest BCUT2D eigenvalue weighted by Crippen LogP contribution is -2.50. The van der Waals surface area contributed by atoms with Crippen molar-refractivity contribution in [3.8, 4) is 0 Å². The van der Waals surface area contributed by atoms with Crippen molar-refractivity contribution < 1.29 is 27.7 Å². The molecular formula is C28H28N4O8S. The topological polar surface area (TPSA) is 141 Å². The summed E-state index contributed by atoms with van der Waals surface area (Å²) in [6.07, 6.45) is 3.78. The Bertz CT molecular complexity index is 1640. The Kier molecular flexibility index (Phi) is 9.12. The van der Waals surface area contributed by atoms with E-state index in [9.17, 15) is 28.1 Å². The molecule has 0 spiro atoms. The number of nitrogens with zero attached hydrogens (tertiary/aromatic N) is 4. The van der Waals surface area contributed by atoms with Crippen LogP contribution in [0.4, 0.5) is 10.5 Å². The van der Waals surface area contributed by atoms with Gasteiger partial charge in [-0.2, -0.15) is 0 Å². The lowest BCUT2D eigenvalue weighted by molar-refractivity contribution is -0.387. The van der Waals surface area contributed by atoms with Gasteiger partial charge in [0, 0.05) is 38.5 Å². The molecule has 41 heavy (non-hydrogen) atoms. The highest BCUT2D eigenvalue weighted by molar-refractivity contribution is 7.89. The number of rotatable bonds is 10. The molecule has 1 aliphatic heterocycles. The maximum absolute atomic E-state index is 13.8. The molecule has 3 aromatic rings. The van der Waals surface area contributed by atoms with Crippen molar-refractivity contribution in [2.45, 2.75) is 17.5 Å². The van der Waals surface area contributed by atoms with E-state index in [2.05, 4.69) is 6.58 Å². The van der Waals surface area contributed by atoms with Gasteiger partial charge in [0.25, 0.3) is 15.7 Å². The van der Waals surface area contributed by atoms with Crippen LogP contribution in [0.15, 0.2) is 101 Å². The van der Waals surface area contributed by atoms with Crippen molar-refractivity contribution in [3.05, 3.63) is 123 Å². The van der Waals surface area contributed by atoms with Gasteiger partial charge in [0.2, 0.25) is 5.56 Å². The zero-order valence-corrected chi connectivity index (χ0v) is 23.0. The van der Waals surface area contributed by atoms with Gasteiger partial charge in [0.1, 0.15) is 6.61 Å². The molecule has 1 amide bonds. The van der Waals surface area contributed by atoms with Crippen LogP contribution in [0.2, 0.25) is 0 Å². The molecule has 2 aromatic carbocycles. The summed E-state index contributed by atoms with van der Waals surface area (Å²) in [5.74, 6) is 0. The van der Waals surface area contributed by atoms with E-state index < -0.39 is 37.7 Å². The van der Waals surface area contributed by atoms with E-state index >= 15 is 0 Å². The second-order valence-electron chi connectivity index (χ2n) is 9.12. The quantitative estimate of drug-likeness (QED) is 0.202. The maximum atomic E-state index is 13.8. The normalized spacial score (nSPS) is 15.3. The number of hydrogen-bond donors (Lipinski definition) is 0. The van der Waals surface area contributed by atoms with Gasteiger partial charge in [0.15, 0.2) is 4.90 Å². The number of ether oxygens (including phenoxy) is 1. The van der Waals surface area contributed by atoms with Gasteiger partial charge in [-0.15, -0.1) is 6.58 Å². The van der Waals surface area contributed by atoms with E-state index in [0.29, 0.717) is 15.6 Å². The summed E-state index contributed by atoms with van der Waals surface area (Å²) in [6, 6.07) is 15.8. The highest BCUT2D eigenvalue weighted by Gasteiger charge is 2.40. The van der Waals surface area contributed by atoms with Crippen molar-refractivity contribution in [3.63, 3.8) is 0 Å². The predicted molar refractivity (Wildman–Crippen MR) is 150 cm³/mol. The third-order valence-electron chi connectivity index (χ3n) is 6.25. The number of sulfonamides is 1. The highest BCUT2D eigenvalue weighted by Crippen LogP contribution is 2.31. The van der Waals surface area contributed by atoms with E-state index in [1.807, 2.05) is 18.2 Å². The Morgan fingerprint density at radius 1 is 1.15 bits per heavy atom. The molecule has 0 aliphatic carbocycles. The van der Waals surface area contributed by atoms with Gasteiger partial charge in [-0.05, 0) is 28.8 Å². The van der Waals surface area contributed by atoms with Gasteiger partial charge in [-0.1, -0.05) is 59.1 Å². The highest BCUT2D eigenvalue weighted by atomic mass is 32.2. The average Bonchev–Trinajstić information content (AvgIpc) is 2.97. The van der Waals surface area contributed by atoms with Gasteiger partial charge >= 0.3 is 6.09 Å². The molecule has 0 fully saturated rings. The molecule has 0 saturated heterocycles. The van der Waals surface area contributed by atoms with Crippen molar-refractivity contribution in [1.29, 1.82) is 0 Å². The number of benzene rings is 2. The second kappa shape index (κ2) is 12.7. The molecule has 1 aliphatic rings. The van der Waals surface area contributed by atoms with Gasteiger partial charge in [0.05, 0.1) is 17.6 Å². The molecule has 0 saturated carbocycles. The smallest absolute Gasteiger partial charge is 0.410 e. The summed E-state index contributed by atoms with van der Waals surface area (Å²) in [5.41, 5.74) is 0.952. The molecule has 13 heteroatoms. The SMILES string of the molecule is C=CCON(C1C=C(c2ccc(=O)n(C)c2)CN(C(=O)OCc2ccccc2)C1)S(=O)(=O)c1ccccc1[N+](=O)[O-]. The minimum atomic E-state index is -4.63. The number of amides is 1. The Hall–Kier alpha value is -4.59. The fraction of sp³-hybridized carbons (Fsp3) is 0.214. The number of hydrogen-bond acceptors (Lipinski definition) is 8. The van der Waals surface area contributed by atoms with E-state index in [-0.39, 0.29) is 31.9 Å². The summed E-state index contributed by atoms with van der Waals surface area (Å²) in [4.78, 5) is 42.4. The molecule has 12 nitrogen and oxygen atoms in total. The Labute approximate surface area is 236 Å². The number of nitro groups is 1. The second-order valence-corrected chi connectivity index (χ2v) is 10.9. The summed E-state index contributed by atoms with van der Waals surface area (Å²) < 4.78 is 35.2. The lowest BCUT2D eigenvalue weighted by Gasteiger charge is -2.36. The number of nitro benzene ring substituents is 1.